The number of hydrogen-bond acceptors (Lipinski definition) is 0. The van der Waals surface area contributed by atoms with E-state index in [1.165, 1.54) is 0 Å². The Bertz CT molecular complexity index is 190. The average Bonchev–Trinajstić information content (AvgIpc) is 1.81. The van der Waals surface area contributed by atoms with Crippen LogP contribution in [-0.2, 0) is 0 Å². The van der Waals surface area contributed by atoms with Gasteiger partial charge in [0.05, 0.1) is 0 Å². The van der Waals surface area contributed by atoms with Crippen LogP contribution in [0, 0.1) is 0 Å². The minimum absolute atomic E-state index is 0.392. The van der Waals surface area contributed by atoms with Crippen molar-refractivity contribution < 1.29 is 26.3 Å². The topological polar surface area (TPSA) is 0 Å². The highest BCUT2D eigenvalue weighted by molar-refractivity contribution is 6.53. The molecule has 0 N–H and O–H groups in total. The van der Waals surface area contributed by atoms with Gasteiger partial charge in [0.15, 0.2) is 4.33 Å². The van der Waals surface area contributed by atoms with Crippen LogP contribution in [0.25, 0.3) is 0 Å². The van der Waals surface area contributed by atoms with Crippen LogP contribution in [0.2, 0.25) is 0 Å². The second-order valence-electron chi connectivity index (χ2n) is 2.53. The molecular weight excluding hydrogens is 280 g/mol. The van der Waals surface area contributed by atoms with Gasteiger partial charge in [0, 0.05) is 0 Å². The molecule has 0 amide bonds. The molecule has 1 atom stereocenters. The van der Waals surface area contributed by atoms with Crippen molar-refractivity contribution >= 4 is 34.8 Å². The molecule has 0 fully saturated rings. The van der Waals surface area contributed by atoms with Crippen LogP contribution < -0.4 is 0 Å². The highest BCUT2D eigenvalue weighted by Gasteiger charge is 2.76. The molecule has 0 aliphatic rings. The van der Waals surface area contributed by atoms with Gasteiger partial charge in [-0.05, 0) is 6.92 Å². The van der Waals surface area contributed by atoms with Crippen molar-refractivity contribution in [3.8, 4) is 0 Å². The van der Waals surface area contributed by atoms with E-state index in [-0.39, 0.29) is 0 Å². The monoisotopic (exact) mass is 282 g/mol. The van der Waals surface area contributed by atoms with Gasteiger partial charge in [0.2, 0.25) is 0 Å². The molecule has 86 valence electrons. The smallest absolute Gasteiger partial charge is 0.216 e. The summed E-state index contributed by atoms with van der Waals surface area (Å²) < 4.78 is 69.6. The molecule has 0 rings (SSSR count). The van der Waals surface area contributed by atoms with Crippen molar-refractivity contribution in [3.63, 3.8) is 0 Å². The van der Waals surface area contributed by atoms with E-state index in [2.05, 4.69) is 11.6 Å². The molecule has 0 saturated heterocycles. The zero-order valence-electron chi connectivity index (χ0n) is 6.40. The van der Waals surface area contributed by atoms with Gasteiger partial charge >= 0.3 is 12.1 Å². The van der Waals surface area contributed by atoms with E-state index < -0.39 is 21.6 Å². The van der Waals surface area contributed by atoms with Crippen LogP contribution in [0.3, 0.4) is 0 Å². The number of rotatable bonds is 2. The standard InChI is InChI=1S/C5H3Cl3F6/c1-2(6,7)3(8,9)4(10,11)5(12,13)14/h1H3. The van der Waals surface area contributed by atoms with Crippen molar-refractivity contribution in [2.24, 2.45) is 0 Å². The Morgan fingerprint density at radius 2 is 1.07 bits per heavy atom. The highest BCUT2D eigenvalue weighted by atomic mass is 35.5. The lowest BCUT2D eigenvalue weighted by atomic mass is 10.1. The molecule has 0 aromatic rings. The Hall–Kier alpha value is 0.450. The molecule has 0 nitrogen and oxygen atoms in total. The molecule has 1 unspecified atom stereocenters. The largest absolute Gasteiger partial charge is 0.458 e. The van der Waals surface area contributed by atoms with Crippen molar-refractivity contribution in [1.29, 1.82) is 0 Å². The van der Waals surface area contributed by atoms with Gasteiger partial charge in [-0.3, -0.25) is 0 Å². The Kier molecular flexibility index (Phi) is 3.60. The lowest BCUT2D eigenvalue weighted by Crippen LogP contribution is -2.58. The molecule has 0 saturated carbocycles. The summed E-state index contributed by atoms with van der Waals surface area (Å²) in [5.41, 5.74) is 0. The molecule has 0 aliphatic carbocycles. The summed E-state index contributed by atoms with van der Waals surface area (Å²) in [4.78, 5) is 0. The average molecular weight is 283 g/mol. The minimum Gasteiger partial charge on any atom is -0.216 e. The Morgan fingerprint density at radius 3 is 1.14 bits per heavy atom. The van der Waals surface area contributed by atoms with E-state index in [1.807, 2.05) is 0 Å². The molecule has 0 heterocycles. The maximum absolute atomic E-state index is 12.9. The van der Waals surface area contributed by atoms with Gasteiger partial charge in [-0.1, -0.05) is 34.8 Å². The van der Waals surface area contributed by atoms with Gasteiger partial charge in [-0.25, -0.2) is 4.39 Å². The van der Waals surface area contributed by atoms with E-state index in [4.69, 9.17) is 23.2 Å². The Morgan fingerprint density at radius 1 is 0.786 bits per heavy atom. The lowest BCUT2D eigenvalue weighted by molar-refractivity contribution is -0.313. The molecule has 9 heteroatoms. The summed E-state index contributed by atoms with van der Waals surface area (Å²) in [5, 5.41) is -4.64. The third-order valence-corrected chi connectivity index (χ3v) is 2.63. The first-order valence-electron chi connectivity index (χ1n) is 2.95. The van der Waals surface area contributed by atoms with Crippen LogP contribution in [-0.4, -0.2) is 21.6 Å². The number of halogens is 9. The molecule has 0 aromatic carbocycles. The van der Waals surface area contributed by atoms with E-state index in [0.29, 0.717) is 6.92 Å². The minimum atomic E-state index is -6.17. The van der Waals surface area contributed by atoms with Crippen LogP contribution in [0.1, 0.15) is 6.92 Å². The zero-order chi connectivity index (χ0) is 12.0. The second-order valence-corrected chi connectivity index (χ2v) is 4.76. The van der Waals surface area contributed by atoms with Crippen LogP contribution in [0.5, 0.6) is 0 Å². The maximum Gasteiger partial charge on any atom is 0.458 e. The van der Waals surface area contributed by atoms with E-state index in [9.17, 15) is 26.3 Å². The van der Waals surface area contributed by atoms with Crippen molar-refractivity contribution in [3.05, 3.63) is 0 Å². The first-order chi connectivity index (χ1) is 5.75. The van der Waals surface area contributed by atoms with Crippen LogP contribution in [0.15, 0.2) is 0 Å². The van der Waals surface area contributed by atoms with Gasteiger partial charge in [-0.2, -0.15) is 22.0 Å². The highest BCUT2D eigenvalue weighted by Crippen LogP contribution is 2.55. The molecule has 0 aromatic heterocycles. The molecule has 0 radical (unpaired) electrons. The Balaban J connectivity index is 5.30. The van der Waals surface area contributed by atoms with Crippen LogP contribution >= 0.6 is 34.8 Å². The predicted molar refractivity (Wildman–Crippen MR) is 40.8 cm³/mol. The third-order valence-electron chi connectivity index (χ3n) is 1.30. The third kappa shape index (κ3) is 2.17. The van der Waals surface area contributed by atoms with Crippen molar-refractivity contribution in [2.45, 2.75) is 28.5 Å². The summed E-state index contributed by atoms with van der Waals surface area (Å²) in [5.74, 6) is -5.85. The quantitative estimate of drug-likeness (QED) is 0.524. The molecular formula is C5H3Cl3F6. The van der Waals surface area contributed by atoms with Gasteiger partial charge < -0.3 is 0 Å². The first-order valence-corrected chi connectivity index (χ1v) is 4.08. The fourth-order valence-corrected chi connectivity index (χ4v) is 0.798. The van der Waals surface area contributed by atoms with Crippen LogP contribution in [0.4, 0.5) is 26.3 Å². The summed E-state index contributed by atoms with van der Waals surface area (Å²) >= 11 is 14.0. The maximum atomic E-state index is 12.9. The Labute approximate surface area is 90.1 Å². The summed E-state index contributed by atoms with van der Waals surface area (Å²) in [6.45, 7) is 0.392. The summed E-state index contributed by atoms with van der Waals surface area (Å²) in [6, 6.07) is 0. The predicted octanol–water partition coefficient (Wildman–Crippen LogP) is 4.28. The van der Waals surface area contributed by atoms with Gasteiger partial charge in [-0.15, -0.1) is 0 Å². The zero-order valence-corrected chi connectivity index (χ0v) is 8.67. The summed E-state index contributed by atoms with van der Waals surface area (Å²) in [7, 11) is 0. The first kappa shape index (κ1) is 14.5. The lowest BCUT2D eigenvalue weighted by Gasteiger charge is -2.35. The molecule has 0 bridgehead atoms. The molecule has 14 heavy (non-hydrogen) atoms. The van der Waals surface area contributed by atoms with Crippen molar-refractivity contribution in [1.82, 2.24) is 0 Å². The summed E-state index contributed by atoms with van der Waals surface area (Å²) in [6.07, 6.45) is -6.17. The normalized spacial score (nSPS) is 19.3. The fraction of sp³-hybridized carbons (Fsp3) is 1.00. The van der Waals surface area contributed by atoms with Gasteiger partial charge in [0.25, 0.3) is 5.13 Å². The van der Waals surface area contributed by atoms with E-state index >= 15 is 0 Å². The molecule has 0 aliphatic heterocycles. The second kappa shape index (κ2) is 3.49. The van der Waals surface area contributed by atoms with Gasteiger partial charge in [0.1, 0.15) is 0 Å². The SMILES string of the molecule is CC(Cl)(Cl)C(F)(Cl)C(F)(F)C(F)(F)F. The number of alkyl halides is 9. The van der Waals surface area contributed by atoms with E-state index in [0.717, 1.165) is 0 Å². The fourth-order valence-electron chi connectivity index (χ4n) is 0.454. The van der Waals surface area contributed by atoms with Crippen molar-refractivity contribution in [2.75, 3.05) is 0 Å². The molecule has 0 spiro atoms. The number of hydrogen-bond donors (Lipinski definition) is 0. The van der Waals surface area contributed by atoms with E-state index in [1.54, 1.807) is 0 Å².